The van der Waals surface area contributed by atoms with Gasteiger partial charge in [-0.2, -0.15) is 0 Å². The first-order chi connectivity index (χ1) is 9.90. The van der Waals surface area contributed by atoms with Gasteiger partial charge in [0.1, 0.15) is 12.4 Å². The molecule has 1 heterocycles. The molecule has 0 saturated heterocycles. The Morgan fingerprint density at radius 1 is 1.52 bits per heavy atom. The Kier molecular flexibility index (Phi) is 5.00. The van der Waals surface area contributed by atoms with Crippen LogP contribution in [0.5, 0.6) is 0 Å². The third-order valence-corrected chi connectivity index (χ3v) is 3.67. The van der Waals surface area contributed by atoms with Crippen LogP contribution in [0.4, 0.5) is 0 Å². The van der Waals surface area contributed by atoms with Crippen LogP contribution in [0.2, 0.25) is 10.0 Å². The van der Waals surface area contributed by atoms with E-state index >= 15 is 0 Å². The number of nitrogens with one attached hydrogen (secondary N) is 1. The first-order valence-electron chi connectivity index (χ1n) is 6.03. The molecule has 0 radical (unpaired) electrons. The van der Waals surface area contributed by atoms with Crippen molar-refractivity contribution in [3.63, 3.8) is 0 Å². The van der Waals surface area contributed by atoms with Crippen molar-refractivity contribution in [1.29, 1.82) is 0 Å². The molecule has 0 aliphatic heterocycles. The van der Waals surface area contributed by atoms with Crippen molar-refractivity contribution in [3.05, 3.63) is 57.1 Å². The molecule has 21 heavy (non-hydrogen) atoms. The van der Waals surface area contributed by atoms with Crippen LogP contribution >= 0.6 is 35.4 Å². The zero-order valence-electron chi connectivity index (χ0n) is 11.2. The molecule has 1 unspecified atom stereocenters. The lowest BCUT2D eigenvalue weighted by Gasteiger charge is -2.16. The lowest BCUT2D eigenvalue weighted by atomic mass is 10.1. The fourth-order valence-electron chi connectivity index (χ4n) is 1.74. The Balaban J connectivity index is 2.59. The van der Waals surface area contributed by atoms with E-state index in [9.17, 15) is 5.11 Å². The summed E-state index contributed by atoms with van der Waals surface area (Å²) in [5.74, 6) is 0. The minimum absolute atomic E-state index is 0.298. The highest BCUT2D eigenvalue weighted by atomic mass is 35.5. The number of aliphatic hydroxyl groups excluding tert-OH is 1. The number of benzene rings is 1. The van der Waals surface area contributed by atoms with Crippen LogP contribution in [0.3, 0.4) is 0 Å². The molecule has 2 aromatic rings. The molecule has 0 aliphatic carbocycles. The van der Waals surface area contributed by atoms with E-state index in [2.05, 4.69) is 16.7 Å². The third kappa shape index (κ3) is 3.63. The van der Waals surface area contributed by atoms with E-state index in [0.717, 1.165) is 0 Å². The van der Waals surface area contributed by atoms with Crippen molar-refractivity contribution >= 4 is 47.2 Å². The van der Waals surface area contributed by atoms with Gasteiger partial charge in [0.05, 0.1) is 5.70 Å². The molecule has 0 spiro atoms. The van der Waals surface area contributed by atoms with Crippen molar-refractivity contribution in [1.82, 2.24) is 14.8 Å². The number of aliphatic hydroxyl groups is 1. The van der Waals surface area contributed by atoms with E-state index in [1.54, 1.807) is 31.2 Å². The number of halogens is 2. The van der Waals surface area contributed by atoms with Crippen molar-refractivity contribution in [2.75, 3.05) is 0 Å². The molecule has 0 fully saturated rings. The number of H-pyrrole nitrogens is 1. The predicted molar refractivity (Wildman–Crippen MR) is 88.9 cm³/mol. The van der Waals surface area contributed by atoms with Gasteiger partial charge in [-0.15, -0.1) is 0 Å². The Morgan fingerprint density at radius 2 is 2.24 bits per heavy atom. The monoisotopic (exact) mass is 341 g/mol. The summed E-state index contributed by atoms with van der Waals surface area (Å²) >= 11 is 17.2. The van der Waals surface area contributed by atoms with Gasteiger partial charge in [0.2, 0.25) is 4.77 Å². The van der Waals surface area contributed by atoms with E-state index in [4.69, 9.17) is 35.4 Å². The normalized spacial score (nSPS) is 13.2. The van der Waals surface area contributed by atoms with Gasteiger partial charge in [-0.3, -0.25) is 5.10 Å². The number of aromatic nitrogens is 3. The molecule has 1 atom stereocenters. The van der Waals surface area contributed by atoms with Gasteiger partial charge in [0.15, 0.2) is 0 Å². The van der Waals surface area contributed by atoms with E-state index in [1.807, 2.05) is 0 Å². The highest BCUT2D eigenvalue weighted by molar-refractivity contribution is 7.71. The molecule has 2 N–H and O–H groups in total. The van der Waals surface area contributed by atoms with E-state index in [1.165, 1.54) is 11.0 Å². The summed E-state index contributed by atoms with van der Waals surface area (Å²) in [6.07, 6.45) is 2.25. The van der Waals surface area contributed by atoms with Crippen LogP contribution in [0.25, 0.3) is 11.8 Å². The molecule has 0 amide bonds. The second kappa shape index (κ2) is 6.58. The van der Waals surface area contributed by atoms with Gasteiger partial charge in [0.25, 0.3) is 0 Å². The lowest BCUT2D eigenvalue weighted by Crippen LogP contribution is -2.16. The average Bonchev–Trinajstić information content (AvgIpc) is 2.83. The largest absolute Gasteiger partial charge is 0.382 e. The summed E-state index contributed by atoms with van der Waals surface area (Å²) in [5.41, 5.74) is 1.75. The van der Waals surface area contributed by atoms with Gasteiger partial charge in [0, 0.05) is 10.0 Å². The maximum Gasteiger partial charge on any atom is 0.220 e. The minimum Gasteiger partial charge on any atom is -0.382 e. The number of rotatable bonds is 4. The second-order valence-electron chi connectivity index (χ2n) is 4.49. The predicted octanol–water partition coefficient (Wildman–Crippen LogP) is 4.18. The third-order valence-electron chi connectivity index (χ3n) is 2.82. The van der Waals surface area contributed by atoms with Crippen LogP contribution in [-0.4, -0.2) is 26.0 Å². The molecular formula is C14H13Cl2N3OS. The van der Waals surface area contributed by atoms with Crippen molar-refractivity contribution < 1.29 is 5.11 Å². The molecule has 1 aromatic heterocycles. The Hall–Kier alpha value is -1.40. The van der Waals surface area contributed by atoms with E-state index in [0.29, 0.717) is 31.6 Å². The highest BCUT2D eigenvalue weighted by Crippen LogP contribution is 2.26. The molecule has 1 aromatic carbocycles. The fourth-order valence-corrected chi connectivity index (χ4v) is 2.41. The molecular weight excluding hydrogens is 329 g/mol. The number of nitrogens with zero attached hydrogens (tertiary/aromatic N) is 2. The summed E-state index contributed by atoms with van der Waals surface area (Å²) in [6.45, 7) is 5.49. The molecule has 110 valence electrons. The average molecular weight is 342 g/mol. The topological polar surface area (TPSA) is 53.8 Å². The van der Waals surface area contributed by atoms with Gasteiger partial charge in [-0.25, -0.2) is 9.67 Å². The van der Waals surface area contributed by atoms with Gasteiger partial charge in [-0.05, 0) is 48.5 Å². The summed E-state index contributed by atoms with van der Waals surface area (Å²) in [7, 11) is 0. The van der Waals surface area contributed by atoms with Gasteiger partial charge >= 0.3 is 0 Å². The first-order valence-corrected chi connectivity index (χ1v) is 7.19. The zero-order chi connectivity index (χ0) is 15.6. The summed E-state index contributed by atoms with van der Waals surface area (Å²) in [6, 6.07) is 5.11. The van der Waals surface area contributed by atoms with Gasteiger partial charge in [-0.1, -0.05) is 35.8 Å². The molecule has 2 rings (SSSR count). The summed E-state index contributed by atoms with van der Waals surface area (Å²) < 4.78 is 1.80. The maximum absolute atomic E-state index is 10.3. The van der Waals surface area contributed by atoms with Crippen LogP contribution in [0.1, 0.15) is 12.5 Å². The Labute approximate surface area is 137 Å². The lowest BCUT2D eigenvalue weighted by molar-refractivity contribution is 0.261. The Morgan fingerprint density at radius 3 is 2.76 bits per heavy atom. The SMILES string of the molecule is C=C(C)C(O)/C(=C\c1ccc(Cl)cc1Cl)n1[nH]cnc1=S. The summed E-state index contributed by atoms with van der Waals surface area (Å²) in [5, 5.41) is 14.2. The van der Waals surface area contributed by atoms with Crippen molar-refractivity contribution in [3.8, 4) is 0 Å². The van der Waals surface area contributed by atoms with Gasteiger partial charge < -0.3 is 5.11 Å². The Bertz CT molecular complexity index is 764. The van der Waals surface area contributed by atoms with Crippen molar-refractivity contribution in [2.24, 2.45) is 0 Å². The van der Waals surface area contributed by atoms with Crippen LogP contribution < -0.4 is 0 Å². The van der Waals surface area contributed by atoms with Crippen molar-refractivity contribution in [2.45, 2.75) is 13.0 Å². The molecule has 0 aliphatic rings. The number of hydrogen-bond donors (Lipinski definition) is 2. The quantitative estimate of drug-likeness (QED) is 0.647. The standard InChI is InChI=1S/C14H13Cl2N3OS/c1-8(2)13(20)12(19-14(21)17-7-18-19)5-9-3-4-10(15)6-11(9)16/h3-7,13,20H,1H2,2H3,(H,17,18,21)/b12-5+. The molecule has 0 bridgehead atoms. The van der Waals surface area contributed by atoms with E-state index < -0.39 is 6.10 Å². The maximum atomic E-state index is 10.3. The minimum atomic E-state index is -0.913. The first kappa shape index (κ1) is 16.0. The van der Waals surface area contributed by atoms with Crippen LogP contribution in [0, 0.1) is 4.77 Å². The fraction of sp³-hybridized carbons (Fsp3) is 0.143. The second-order valence-corrected chi connectivity index (χ2v) is 5.70. The molecule has 4 nitrogen and oxygen atoms in total. The smallest absolute Gasteiger partial charge is 0.220 e. The summed E-state index contributed by atoms with van der Waals surface area (Å²) in [4.78, 5) is 3.94. The van der Waals surface area contributed by atoms with Crippen LogP contribution in [0.15, 0.2) is 36.7 Å². The number of hydrogen-bond acceptors (Lipinski definition) is 3. The highest BCUT2D eigenvalue weighted by Gasteiger charge is 2.16. The van der Waals surface area contributed by atoms with E-state index in [-0.39, 0.29) is 0 Å². The number of aromatic amines is 1. The zero-order valence-corrected chi connectivity index (χ0v) is 13.5. The molecule has 0 saturated carbocycles. The molecule has 7 heteroatoms. The van der Waals surface area contributed by atoms with Crippen LogP contribution in [-0.2, 0) is 0 Å².